The molecule has 0 aliphatic rings. The fourth-order valence-electron chi connectivity index (χ4n) is 1.67. The van der Waals surface area contributed by atoms with Crippen LogP contribution in [0.5, 0.6) is 5.88 Å². The summed E-state index contributed by atoms with van der Waals surface area (Å²) in [4.78, 5) is 6.62. The summed E-state index contributed by atoms with van der Waals surface area (Å²) in [6, 6.07) is 4.13. The molecule has 1 aromatic rings. The number of hydrogen-bond donors (Lipinski definition) is 1. The number of aromatic nitrogens is 1. The minimum atomic E-state index is -0.00789. The van der Waals surface area contributed by atoms with Crippen molar-refractivity contribution in [2.75, 3.05) is 27.2 Å². The number of rotatable bonds is 8. The highest BCUT2D eigenvalue weighted by Crippen LogP contribution is 2.16. The van der Waals surface area contributed by atoms with E-state index in [9.17, 15) is 0 Å². The number of nitrogens with zero attached hydrogens (tertiary/aromatic N) is 2. The lowest BCUT2D eigenvalue weighted by Gasteiger charge is -2.32. The van der Waals surface area contributed by atoms with E-state index >= 15 is 0 Å². The number of nitrogens with one attached hydrogen (secondary N) is 1. The number of likely N-dealkylation sites (N-methyl/N-ethyl adjacent to an activating group) is 1. The summed E-state index contributed by atoms with van der Waals surface area (Å²) in [5.74, 6) is 0.716. The normalized spacial score (nSPS) is 11.9. The molecule has 114 valence electrons. The van der Waals surface area contributed by atoms with Crippen molar-refractivity contribution in [2.24, 2.45) is 0 Å². The van der Waals surface area contributed by atoms with Gasteiger partial charge in [-0.3, -0.25) is 0 Å². The summed E-state index contributed by atoms with van der Waals surface area (Å²) < 4.78 is 5.88. The Hall–Kier alpha value is -1.13. The van der Waals surface area contributed by atoms with E-state index in [4.69, 9.17) is 4.74 Å². The van der Waals surface area contributed by atoms with Crippen molar-refractivity contribution < 1.29 is 4.74 Å². The molecule has 0 aliphatic heterocycles. The van der Waals surface area contributed by atoms with Crippen molar-refractivity contribution in [2.45, 2.75) is 46.2 Å². The van der Waals surface area contributed by atoms with E-state index in [0.29, 0.717) is 12.5 Å². The number of aryl methyl sites for hydroxylation is 1. The van der Waals surface area contributed by atoms with Gasteiger partial charge >= 0.3 is 0 Å². The third-order valence-corrected chi connectivity index (χ3v) is 3.53. The van der Waals surface area contributed by atoms with Gasteiger partial charge in [-0.2, -0.15) is 0 Å². The van der Waals surface area contributed by atoms with Crippen LogP contribution >= 0.6 is 0 Å². The van der Waals surface area contributed by atoms with Crippen molar-refractivity contribution in [3.8, 4) is 5.88 Å². The zero-order valence-corrected chi connectivity index (χ0v) is 13.8. The zero-order valence-electron chi connectivity index (χ0n) is 13.8. The number of pyridine rings is 1. The summed E-state index contributed by atoms with van der Waals surface area (Å²) in [6.07, 6.45) is 1.14. The highest BCUT2D eigenvalue weighted by molar-refractivity contribution is 5.24. The van der Waals surface area contributed by atoms with E-state index in [2.05, 4.69) is 56.1 Å². The number of hydrogen-bond acceptors (Lipinski definition) is 4. The van der Waals surface area contributed by atoms with Gasteiger partial charge in [0.2, 0.25) is 5.88 Å². The Morgan fingerprint density at radius 1 is 1.30 bits per heavy atom. The van der Waals surface area contributed by atoms with Gasteiger partial charge in [0.15, 0.2) is 0 Å². The summed E-state index contributed by atoms with van der Waals surface area (Å²) in [5, 5.41) is 3.40. The molecule has 1 heterocycles. The quantitative estimate of drug-likeness (QED) is 0.742. The predicted molar refractivity (Wildman–Crippen MR) is 84.2 cm³/mol. The van der Waals surface area contributed by atoms with Crippen molar-refractivity contribution >= 4 is 0 Å². The molecule has 1 aromatic heterocycles. The number of ether oxygens (including phenoxy) is 1. The van der Waals surface area contributed by atoms with Crippen LogP contribution in [0.1, 0.15) is 38.4 Å². The maximum atomic E-state index is 5.88. The maximum Gasteiger partial charge on any atom is 0.213 e. The van der Waals surface area contributed by atoms with Crippen molar-refractivity contribution in [3.05, 3.63) is 23.4 Å². The second-order valence-corrected chi connectivity index (χ2v) is 6.13. The largest absolute Gasteiger partial charge is 0.476 e. The van der Waals surface area contributed by atoms with Gasteiger partial charge in [-0.15, -0.1) is 0 Å². The van der Waals surface area contributed by atoms with Crippen molar-refractivity contribution in [1.29, 1.82) is 0 Å². The van der Waals surface area contributed by atoms with Crippen LogP contribution in [0, 0.1) is 6.92 Å². The first-order valence-corrected chi connectivity index (χ1v) is 7.33. The third kappa shape index (κ3) is 5.47. The molecule has 20 heavy (non-hydrogen) atoms. The van der Waals surface area contributed by atoms with Gasteiger partial charge in [0.1, 0.15) is 6.61 Å². The summed E-state index contributed by atoms with van der Waals surface area (Å²) in [6.45, 7) is 11.0. The highest BCUT2D eigenvalue weighted by atomic mass is 16.5. The first kappa shape index (κ1) is 16.9. The maximum absolute atomic E-state index is 5.88. The Bertz CT molecular complexity index is 416. The van der Waals surface area contributed by atoms with E-state index in [-0.39, 0.29) is 5.54 Å². The molecule has 1 rings (SSSR count). The van der Waals surface area contributed by atoms with Crippen LogP contribution in [0.15, 0.2) is 12.1 Å². The molecular formula is C16H29N3O. The minimum absolute atomic E-state index is 0.00789. The zero-order chi connectivity index (χ0) is 15.2. The standard InChI is InChI=1S/C16H29N3O/c1-7-8-17-11-14-9-13(2)18-15(10-14)20-12-16(3,4)19(5)6/h9-10,17H,7-8,11-12H2,1-6H3. The Morgan fingerprint density at radius 2 is 2.00 bits per heavy atom. The van der Waals surface area contributed by atoms with Gasteiger partial charge in [-0.05, 0) is 59.5 Å². The summed E-state index contributed by atoms with van der Waals surface area (Å²) >= 11 is 0. The van der Waals surface area contributed by atoms with Gasteiger partial charge in [-0.25, -0.2) is 4.98 Å². The topological polar surface area (TPSA) is 37.4 Å². The van der Waals surface area contributed by atoms with E-state index in [1.807, 2.05) is 13.0 Å². The first-order chi connectivity index (χ1) is 9.35. The lowest BCUT2D eigenvalue weighted by Crippen LogP contribution is -2.43. The molecule has 0 amide bonds. The van der Waals surface area contributed by atoms with Gasteiger partial charge in [0.05, 0.1) is 0 Å². The van der Waals surface area contributed by atoms with Gasteiger partial charge < -0.3 is 15.0 Å². The monoisotopic (exact) mass is 279 g/mol. The van der Waals surface area contributed by atoms with Gasteiger partial charge in [0, 0.05) is 23.8 Å². The van der Waals surface area contributed by atoms with Crippen molar-refractivity contribution in [3.63, 3.8) is 0 Å². The Balaban J connectivity index is 2.66. The molecule has 0 aromatic carbocycles. The van der Waals surface area contributed by atoms with Gasteiger partial charge in [0.25, 0.3) is 0 Å². The van der Waals surface area contributed by atoms with E-state index in [1.54, 1.807) is 0 Å². The molecule has 0 saturated heterocycles. The van der Waals surface area contributed by atoms with Crippen LogP contribution in [-0.2, 0) is 6.54 Å². The molecular weight excluding hydrogens is 250 g/mol. The fourth-order valence-corrected chi connectivity index (χ4v) is 1.67. The van der Waals surface area contributed by atoms with E-state index < -0.39 is 0 Å². The summed E-state index contributed by atoms with van der Waals surface area (Å²) in [7, 11) is 4.13. The van der Waals surface area contributed by atoms with Crippen LogP contribution in [0.2, 0.25) is 0 Å². The molecule has 0 bridgehead atoms. The highest BCUT2D eigenvalue weighted by Gasteiger charge is 2.21. The fraction of sp³-hybridized carbons (Fsp3) is 0.688. The smallest absolute Gasteiger partial charge is 0.213 e. The van der Waals surface area contributed by atoms with Crippen LogP contribution < -0.4 is 10.1 Å². The molecule has 0 atom stereocenters. The van der Waals surface area contributed by atoms with Crippen LogP contribution in [0.3, 0.4) is 0 Å². The molecule has 0 spiro atoms. The average molecular weight is 279 g/mol. The first-order valence-electron chi connectivity index (χ1n) is 7.33. The minimum Gasteiger partial charge on any atom is -0.476 e. The average Bonchev–Trinajstić information content (AvgIpc) is 2.36. The summed E-state index contributed by atoms with van der Waals surface area (Å²) in [5.41, 5.74) is 2.22. The van der Waals surface area contributed by atoms with Crippen LogP contribution in [-0.4, -0.2) is 42.7 Å². The lowest BCUT2D eigenvalue weighted by atomic mass is 10.1. The molecule has 0 fully saturated rings. The van der Waals surface area contributed by atoms with Crippen LogP contribution in [0.4, 0.5) is 0 Å². The Morgan fingerprint density at radius 3 is 2.60 bits per heavy atom. The predicted octanol–water partition coefficient (Wildman–Crippen LogP) is 2.61. The lowest BCUT2D eigenvalue weighted by molar-refractivity contribution is 0.111. The van der Waals surface area contributed by atoms with Gasteiger partial charge in [-0.1, -0.05) is 6.92 Å². The van der Waals surface area contributed by atoms with E-state index in [0.717, 1.165) is 25.2 Å². The van der Waals surface area contributed by atoms with Crippen molar-refractivity contribution in [1.82, 2.24) is 15.2 Å². The molecule has 0 saturated carbocycles. The Labute approximate surface area is 123 Å². The molecule has 0 aliphatic carbocycles. The van der Waals surface area contributed by atoms with Crippen LogP contribution in [0.25, 0.3) is 0 Å². The second kappa shape index (κ2) is 7.60. The molecule has 1 N–H and O–H groups in total. The molecule has 4 nitrogen and oxygen atoms in total. The third-order valence-electron chi connectivity index (χ3n) is 3.53. The second-order valence-electron chi connectivity index (χ2n) is 6.13. The molecule has 0 radical (unpaired) electrons. The molecule has 4 heteroatoms. The molecule has 0 unspecified atom stereocenters. The Kier molecular flexibility index (Phi) is 6.43. The van der Waals surface area contributed by atoms with E-state index in [1.165, 1.54) is 5.56 Å². The SMILES string of the molecule is CCCNCc1cc(C)nc(OCC(C)(C)N(C)C)c1.